The number of anilines is 2. The molecule has 0 spiro atoms. The second kappa shape index (κ2) is 8.94. The largest absolute Gasteiger partial charge is 0.422 e. The van der Waals surface area contributed by atoms with Crippen molar-refractivity contribution in [1.82, 2.24) is 0 Å². The maximum Gasteiger partial charge on any atom is 0.345 e. The Balaban J connectivity index is 1.56. The summed E-state index contributed by atoms with van der Waals surface area (Å²) in [5.74, 6) is 0. The standard InChI is InChI=1S/C28H27N3O2/c1-3-30(4-2)23-16-15-21-17-24(28(32)33-27(21)18-23)25-19-26(20-11-7-5-8-12-20)31(29-25)22-13-9-6-10-14-22/h5-18,26H,3-4,19H2,1-2H3. The molecule has 1 atom stereocenters. The van der Waals surface area contributed by atoms with Gasteiger partial charge in [0.05, 0.1) is 23.0 Å². The van der Waals surface area contributed by atoms with Gasteiger partial charge in [-0.15, -0.1) is 0 Å². The fourth-order valence-electron chi connectivity index (χ4n) is 4.51. The first kappa shape index (κ1) is 21.0. The molecule has 0 aliphatic carbocycles. The fourth-order valence-corrected chi connectivity index (χ4v) is 4.51. The Kier molecular flexibility index (Phi) is 5.69. The summed E-state index contributed by atoms with van der Waals surface area (Å²) in [5.41, 5.74) is 4.74. The Morgan fingerprint density at radius 3 is 2.33 bits per heavy atom. The molecule has 0 N–H and O–H groups in total. The van der Waals surface area contributed by atoms with E-state index in [1.165, 1.54) is 0 Å². The average molecular weight is 438 g/mol. The van der Waals surface area contributed by atoms with Crippen molar-refractivity contribution in [3.8, 4) is 0 Å². The maximum absolute atomic E-state index is 13.0. The zero-order valence-electron chi connectivity index (χ0n) is 18.9. The van der Waals surface area contributed by atoms with E-state index >= 15 is 0 Å². The highest BCUT2D eigenvalue weighted by atomic mass is 16.4. The molecule has 166 valence electrons. The molecule has 5 rings (SSSR count). The number of hydrazone groups is 1. The van der Waals surface area contributed by atoms with E-state index in [9.17, 15) is 4.79 Å². The van der Waals surface area contributed by atoms with Crippen molar-refractivity contribution in [3.63, 3.8) is 0 Å². The molecule has 1 aliphatic heterocycles. The Labute approximate surface area is 193 Å². The molecule has 0 bridgehead atoms. The molecular formula is C28H27N3O2. The molecule has 5 nitrogen and oxygen atoms in total. The van der Waals surface area contributed by atoms with Crippen LogP contribution in [0.2, 0.25) is 0 Å². The van der Waals surface area contributed by atoms with Crippen LogP contribution in [0.15, 0.2) is 99.2 Å². The first-order valence-corrected chi connectivity index (χ1v) is 11.5. The summed E-state index contributed by atoms with van der Waals surface area (Å²) in [6.07, 6.45) is 0.632. The van der Waals surface area contributed by atoms with E-state index in [4.69, 9.17) is 9.52 Å². The summed E-state index contributed by atoms with van der Waals surface area (Å²) in [5, 5.41) is 7.82. The Hall–Kier alpha value is -3.86. The highest BCUT2D eigenvalue weighted by molar-refractivity contribution is 6.04. The minimum Gasteiger partial charge on any atom is -0.422 e. The molecule has 0 fully saturated rings. The molecule has 3 aromatic carbocycles. The van der Waals surface area contributed by atoms with Gasteiger partial charge >= 0.3 is 5.63 Å². The van der Waals surface area contributed by atoms with Crippen LogP contribution in [0, 0.1) is 0 Å². The van der Waals surface area contributed by atoms with Crippen molar-refractivity contribution >= 4 is 28.1 Å². The normalized spacial score (nSPS) is 15.6. The van der Waals surface area contributed by atoms with Gasteiger partial charge in [0.2, 0.25) is 0 Å². The SMILES string of the molecule is CCN(CC)c1ccc2cc(C3=NN(c4ccccc4)C(c4ccccc4)C3)c(=O)oc2c1. The molecule has 1 aliphatic rings. The number of hydrogen-bond donors (Lipinski definition) is 0. The molecule has 2 heterocycles. The lowest BCUT2D eigenvalue weighted by Gasteiger charge is -2.23. The van der Waals surface area contributed by atoms with Crippen molar-refractivity contribution in [2.45, 2.75) is 26.3 Å². The van der Waals surface area contributed by atoms with Crippen LogP contribution >= 0.6 is 0 Å². The van der Waals surface area contributed by atoms with Crippen molar-refractivity contribution in [1.29, 1.82) is 0 Å². The number of rotatable bonds is 6. The van der Waals surface area contributed by atoms with E-state index in [1.54, 1.807) is 0 Å². The van der Waals surface area contributed by atoms with Crippen molar-refractivity contribution in [3.05, 3.63) is 106 Å². The molecular weight excluding hydrogens is 410 g/mol. The summed E-state index contributed by atoms with van der Waals surface area (Å²) >= 11 is 0. The van der Waals surface area contributed by atoms with Crippen molar-refractivity contribution in [2.24, 2.45) is 5.10 Å². The smallest absolute Gasteiger partial charge is 0.345 e. The third-order valence-corrected chi connectivity index (χ3v) is 6.27. The highest BCUT2D eigenvalue weighted by Gasteiger charge is 2.31. The number of hydrogen-bond acceptors (Lipinski definition) is 5. The minimum absolute atomic E-state index is 0.0174. The molecule has 0 saturated carbocycles. The molecule has 0 amide bonds. The highest BCUT2D eigenvalue weighted by Crippen LogP contribution is 2.36. The third-order valence-electron chi connectivity index (χ3n) is 6.27. The zero-order valence-corrected chi connectivity index (χ0v) is 18.9. The molecule has 0 saturated heterocycles. The van der Waals surface area contributed by atoms with Gasteiger partial charge in [-0.3, -0.25) is 5.01 Å². The van der Waals surface area contributed by atoms with E-state index in [0.717, 1.165) is 41.1 Å². The first-order valence-electron chi connectivity index (χ1n) is 11.5. The summed E-state index contributed by atoms with van der Waals surface area (Å²) in [4.78, 5) is 15.3. The monoisotopic (exact) mass is 437 g/mol. The quantitative estimate of drug-likeness (QED) is 0.347. The zero-order chi connectivity index (χ0) is 22.8. The predicted octanol–water partition coefficient (Wildman–Crippen LogP) is 5.99. The lowest BCUT2D eigenvalue weighted by molar-refractivity contribution is 0.559. The summed E-state index contributed by atoms with van der Waals surface area (Å²) in [7, 11) is 0. The average Bonchev–Trinajstić information content (AvgIpc) is 3.31. The van der Waals surface area contributed by atoms with Crippen LogP contribution in [0.1, 0.15) is 37.4 Å². The predicted molar refractivity (Wildman–Crippen MR) is 135 cm³/mol. The molecule has 1 aromatic heterocycles. The van der Waals surface area contributed by atoms with Gasteiger partial charge in [0.15, 0.2) is 0 Å². The van der Waals surface area contributed by atoms with Gasteiger partial charge in [-0.05, 0) is 49.7 Å². The van der Waals surface area contributed by atoms with Crippen molar-refractivity contribution in [2.75, 3.05) is 23.0 Å². The van der Waals surface area contributed by atoms with E-state index < -0.39 is 0 Å². The topological polar surface area (TPSA) is 49.0 Å². The number of fused-ring (bicyclic) bond motifs is 1. The van der Waals surface area contributed by atoms with Crippen LogP contribution in [0.4, 0.5) is 11.4 Å². The van der Waals surface area contributed by atoms with E-state index in [2.05, 4.69) is 36.9 Å². The maximum atomic E-state index is 13.0. The van der Waals surface area contributed by atoms with Gasteiger partial charge in [0, 0.05) is 36.7 Å². The molecule has 33 heavy (non-hydrogen) atoms. The Bertz CT molecular complexity index is 1340. The number of nitrogens with zero attached hydrogens (tertiary/aromatic N) is 3. The van der Waals surface area contributed by atoms with Crippen LogP contribution < -0.4 is 15.5 Å². The minimum atomic E-state index is -0.348. The second-order valence-corrected chi connectivity index (χ2v) is 8.20. The number of para-hydroxylation sites is 1. The lowest BCUT2D eigenvalue weighted by Crippen LogP contribution is -2.21. The van der Waals surface area contributed by atoms with Gasteiger partial charge in [-0.25, -0.2) is 4.79 Å². The van der Waals surface area contributed by atoms with Crippen LogP contribution in [0.25, 0.3) is 11.0 Å². The Morgan fingerprint density at radius 1 is 0.939 bits per heavy atom. The van der Waals surface area contributed by atoms with E-state index in [1.807, 2.05) is 71.7 Å². The van der Waals surface area contributed by atoms with E-state index in [-0.39, 0.29) is 11.7 Å². The van der Waals surface area contributed by atoms with Gasteiger partial charge < -0.3 is 9.32 Å². The number of benzene rings is 3. The molecule has 0 radical (unpaired) electrons. The van der Waals surface area contributed by atoms with Crippen LogP contribution in [0.5, 0.6) is 0 Å². The Morgan fingerprint density at radius 2 is 1.64 bits per heavy atom. The molecule has 4 aromatic rings. The van der Waals surface area contributed by atoms with E-state index in [0.29, 0.717) is 17.6 Å². The molecule has 5 heteroatoms. The van der Waals surface area contributed by atoms with Crippen LogP contribution in [-0.4, -0.2) is 18.8 Å². The summed E-state index contributed by atoms with van der Waals surface area (Å²) < 4.78 is 5.79. The van der Waals surface area contributed by atoms with Gasteiger partial charge in [-0.1, -0.05) is 48.5 Å². The van der Waals surface area contributed by atoms with Crippen LogP contribution in [0.3, 0.4) is 0 Å². The first-order chi connectivity index (χ1) is 16.2. The lowest BCUT2D eigenvalue weighted by atomic mass is 9.98. The van der Waals surface area contributed by atoms with Gasteiger partial charge in [0.25, 0.3) is 0 Å². The fraction of sp³-hybridized carbons (Fsp3) is 0.214. The van der Waals surface area contributed by atoms with Gasteiger partial charge in [0.1, 0.15) is 5.58 Å². The van der Waals surface area contributed by atoms with Crippen molar-refractivity contribution < 1.29 is 4.42 Å². The third kappa shape index (κ3) is 4.02. The summed E-state index contributed by atoms with van der Waals surface area (Å²) in [6.45, 7) is 6.04. The second-order valence-electron chi connectivity index (χ2n) is 8.20. The molecule has 1 unspecified atom stereocenters. The van der Waals surface area contributed by atoms with Crippen LogP contribution in [-0.2, 0) is 0 Å². The van der Waals surface area contributed by atoms with Gasteiger partial charge in [-0.2, -0.15) is 5.10 Å². The summed E-state index contributed by atoms with van der Waals surface area (Å²) in [6, 6.07) is 28.4.